The van der Waals surface area contributed by atoms with E-state index in [0.717, 1.165) is 4.88 Å². The Morgan fingerprint density at radius 1 is 1.67 bits per heavy atom. The summed E-state index contributed by atoms with van der Waals surface area (Å²) in [6.45, 7) is 0. The Hall–Kier alpha value is -0.870. The van der Waals surface area contributed by atoms with Gasteiger partial charge in [0.1, 0.15) is 6.10 Å². The summed E-state index contributed by atoms with van der Waals surface area (Å²) in [5, 5.41) is 17.0. The largest absolute Gasteiger partial charge is 0.382 e. The fourth-order valence-electron chi connectivity index (χ4n) is 0.730. The molecule has 4 heteroatoms. The topological polar surface area (TPSA) is 35.8 Å². The van der Waals surface area contributed by atoms with Crippen LogP contribution in [-0.2, 0) is 0 Å². The molecule has 0 amide bonds. The van der Waals surface area contributed by atoms with Crippen molar-refractivity contribution < 1.29 is 5.11 Å². The zero-order valence-electron chi connectivity index (χ0n) is 7.14. The molecule has 1 N–H and O–H groups in total. The van der Waals surface area contributed by atoms with E-state index in [0.29, 0.717) is 0 Å². The molecule has 0 aromatic carbocycles. The van der Waals surface area contributed by atoms with Gasteiger partial charge in [-0.25, -0.2) is 0 Å². The maximum Gasteiger partial charge on any atom is 0.125 e. The summed E-state index contributed by atoms with van der Waals surface area (Å²) < 4.78 is 0. The molecular formula is C8H12N2OS. The quantitative estimate of drug-likeness (QED) is 0.568. The average molecular weight is 184 g/mol. The molecule has 0 bridgehead atoms. The Balaban J connectivity index is 2.55. The van der Waals surface area contributed by atoms with Gasteiger partial charge in [0.25, 0.3) is 0 Å². The molecule has 1 atom stereocenters. The molecule has 0 aliphatic rings. The van der Waals surface area contributed by atoms with Crippen LogP contribution in [0.3, 0.4) is 0 Å². The van der Waals surface area contributed by atoms with E-state index in [2.05, 4.69) is 5.10 Å². The number of hydrogen-bond acceptors (Lipinski definition) is 4. The zero-order valence-corrected chi connectivity index (χ0v) is 7.95. The predicted molar refractivity (Wildman–Crippen MR) is 51.5 cm³/mol. The lowest BCUT2D eigenvalue weighted by molar-refractivity contribution is 0.253. The smallest absolute Gasteiger partial charge is 0.125 e. The summed E-state index contributed by atoms with van der Waals surface area (Å²) in [6.07, 6.45) is 0.943. The van der Waals surface area contributed by atoms with Gasteiger partial charge in [-0.05, 0) is 11.4 Å². The molecule has 0 fully saturated rings. The summed E-state index contributed by atoms with van der Waals surface area (Å²) in [5.41, 5.74) is 0. The van der Waals surface area contributed by atoms with Gasteiger partial charge < -0.3 is 10.1 Å². The van der Waals surface area contributed by atoms with Crippen LogP contribution >= 0.6 is 11.3 Å². The zero-order chi connectivity index (χ0) is 8.97. The first-order valence-corrected chi connectivity index (χ1v) is 4.51. The number of rotatable bonds is 3. The highest BCUT2D eigenvalue weighted by atomic mass is 32.1. The summed E-state index contributed by atoms with van der Waals surface area (Å²) >= 11 is 1.52. The van der Waals surface area contributed by atoms with Gasteiger partial charge in [-0.2, -0.15) is 5.10 Å². The minimum atomic E-state index is -0.576. The number of aliphatic hydroxyl groups is 1. The SMILES string of the molecule is CN(C)N=CC(O)c1cccs1. The average Bonchev–Trinajstić information content (AvgIpc) is 2.51. The van der Waals surface area contributed by atoms with Gasteiger partial charge in [0, 0.05) is 19.0 Å². The lowest BCUT2D eigenvalue weighted by atomic mass is 10.3. The first-order valence-electron chi connectivity index (χ1n) is 3.63. The minimum Gasteiger partial charge on any atom is -0.382 e. The van der Waals surface area contributed by atoms with Crippen molar-refractivity contribution in [2.45, 2.75) is 6.10 Å². The van der Waals surface area contributed by atoms with Gasteiger partial charge in [0.2, 0.25) is 0 Å². The Kier molecular flexibility index (Phi) is 3.25. The Labute approximate surface area is 76.0 Å². The fraction of sp³-hybridized carbons (Fsp3) is 0.375. The van der Waals surface area contributed by atoms with E-state index in [1.807, 2.05) is 31.6 Å². The van der Waals surface area contributed by atoms with Crippen molar-refractivity contribution in [1.82, 2.24) is 5.01 Å². The molecule has 1 aromatic rings. The highest BCUT2D eigenvalue weighted by Gasteiger charge is 2.03. The summed E-state index contributed by atoms with van der Waals surface area (Å²) in [4.78, 5) is 0.917. The third kappa shape index (κ3) is 2.64. The molecular weight excluding hydrogens is 172 g/mol. The number of hydrazone groups is 1. The van der Waals surface area contributed by atoms with Gasteiger partial charge in [-0.15, -0.1) is 11.3 Å². The Morgan fingerprint density at radius 2 is 2.42 bits per heavy atom. The standard InChI is InChI=1S/C8H12N2OS/c1-10(2)9-6-7(11)8-4-3-5-12-8/h3-7,11H,1-2H3. The molecule has 1 unspecified atom stereocenters. The molecule has 0 aliphatic carbocycles. The second kappa shape index (κ2) is 4.23. The van der Waals surface area contributed by atoms with E-state index < -0.39 is 6.10 Å². The molecule has 0 saturated heterocycles. The number of nitrogens with zero attached hydrogens (tertiary/aromatic N) is 2. The second-order valence-corrected chi connectivity index (χ2v) is 3.55. The van der Waals surface area contributed by atoms with Crippen molar-refractivity contribution in [3.8, 4) is 0 Å². The fourth-order valence-corrected chi connectivity index (χ4v) is 1.40. The van der Waals surface area contributed by atoms with Crippen molar-refractivity contribution in [2.75, 3.05) is 14.1 Å². The summed E-state index contributed by atoms with van der Waals surface area (Å²) in [7, 11) is 3.63. The van der Waals surface area contributed by atoms with Gasteiger partial charge in [0.15, 0.2) is 0 Å². The van der Waals surface area contributed by atoms with Crippen LogP contribution < -0.4 is 0 Å². The van der Waals surface area contributed by atoms with Crippen LogP contribution in [0.4, 0.5) is 0 Å². The number of aliphatic hydroxyl groups excluding tert-OH is 1. The van der Waals surface area contributed by atoms with Gasteiger partial charge in [-0.3, -0.25) is 0 Å². The molecule has 1 aromatic heterocycles. The van der Waals surface area contributed by atoms with Crippen LogP contribution in [-0.4, -0.2) is 30.4 Å². The van der Waals surface area contributed by atoms with E-state index in [1.165, 1.54) is 17.6 Å². The highest BCUT2D eigenvalue weighted by molar-refractivity contribution is 7.10. The normalized spacial score (nSPS) is 13.6. The van der Waals surface area contributed by atoms with E-state index >= 15 is 0 Å². The first-order chi connectivity index (χ1) is 5.70. The molecule has 0 saturated carbocycles. The van der Waals surface area contributed by atoms with Crippen LogP contribution in [0.1, 0.15) is 11.0 Å². The molecule has 0 spiro atoms. The molecule has 0 radical (unpaired) electrons. The Bertz CT molecular complexity index is 244. The maximum absolute atomic E-state index is 9.49. The minimum absolute atomic E-state index is 0.576. The van der Waals surface area contributed by atoms with Crippen LogP contribution in [0.5, 0.6) is 0 Å². The van der Waals surface area contributed by atoms with E-state index in [9.17, 15) is 5.11 Å². The van der Waals surface area contributed by atoms with E-state index in [4.69, 9.17) is 0 Å². The van der Waals surface area contributed by atoms with Gasteiger partial charge in [-0.1, -0.05) is 6.07 Å². The van der Waals surface area contributed by atoms with Crippen LogP contribution in [0.2, 0.25) is 0 Å². The van der Waals surface area contributed by atoms with E-state index in [1.54, 1.807) is 5.01 Å². The molecule has 12 heavy (non-hydrogen) atoms. The molecule has 1 heterocycles. The Morgan fingerprint density at radius 3 is 2.92 bits per heavy atom. The molecule has 1 rings (SSSR count). The predicted octanol–water partition coefficient (Wildman–Crippen LogP) is 1.33. The summed E-state index contributed by atoms with van der Waals surface area (Å²) in [6, 6.07) is 3.80. The van der Waals surface area contributed by atoms with Crippen molar-refractivity contribution in [3.63, 3.8) is 0 Å². The monoisotopic (exact) mass is 184 g/mol. The van der Waals surface area contributed by atoms with Crippen molar-refractivity contribution >= 4 is 17.6 Å². The summed E-state index contributed by atoms with van der Waals surface area (Å²) in [5.74, 6) is 0. The van der Waals surface area contributed by atoms with Crippen LogP contribution in [0, 0.1) is 0 Å². The second-order valence-electron chi connectivity index (χ2n) is 2.57. The van der Waals surface area contributed by atoms with Gasteiger partial charge in [0.05, 0.1) is 6.21 Å². The number of hydrogen-bond donors (Lipinski definition) is 1. The van der Waals surface area contributed by atoms with Crippen LogP contribution in [0.15, 0.2) is 22.6 Å². The maximum atomic E-state index is 9.49. The first kappa shape index (κ1) is 9.22. The third-order valence-electron chi connectivity index (χ3n) is 1.27. The van der Waals surface area contributed by atoms with Crippen molar-refractivity contribution in [1.29, 1.82) is 0 Å². The van der Waals surface area contributed by atoms with Crippen LogP contribution in [0.25, 0.3) is 0 Å². The molecule has 0 aliphatic heterocycles. The van der Waals surface area contributed by atoms with E-state index in [-0.39, 0.29) is 0 Å². The van der Waals surface area contributed by atoms with Crippen molar-refractivity contribution in [2.24, 2.45) is 5.10 Å². The van der Waals surface area contributed by atoms with Gasteiger partial charge >= 0.3 is 0 Å². The lowest BCUT2D eigenvalue weighted by Gasteiger charge is -2.05. The molecule has 3 nitrogen and oxygen atoms in total. The third-order valence-corrected chi connectivity index (χ3v) is 2.22. The number of thiophene rings is 1. The highest BCUT2D eigenvalue weighted by Crippen LogP contribution is 2.16. The van der Waals surface area contributed by atoms with Crippen molar-refractivity contribution in [3.05, 3.63) is 22.4 Å². The lowest BCUT2D eigenvalue weighted by Crippen LogP contribution is -2.05. The molecule has 66 valence electrons.